The Morgan fingerprint density at radius 3 is 2.94 bits per heavy atom. The maximum absolute atomic E-state index is 11.7. The van der Waals surface area contributed by atoms with E-state index in [1.165, 1.54) is 34.9 Å². The summed E-state index contributed by atoms with van der Waals surface area (Å²) in [6, 6.07) is 0. The van der Waals surface area contributed by atoms with Crippen molar-refractivity contribution in [3.63, 3.8) is 0 Å². The van der Waals surface area contributed by atoms with Gasteiger partial charge in [0.2, 0.25) is 11.0 Å². The molecule has 1 amide bonds. The molecule has 0 bridgehead atoms. The normalized spacial score (nSPS) is 10.6. The minimum atomic E-state index is -0.133. The first-order valence-electron chi connectivity index (χ1n) is 4.83. The van der Waals surface area contributed by atoms with Gasteiger partial charge in [-0.05, 0) is 6.26 Å². The minimum Gasteiger partial charge on any atom is -0.312 e. The lowest BCUT2D eigenvalue weighted by Crippen LogP contribution is -2.14. The molecule has 0 aliphatic heterocycles. The van der Waals surface area contributed by atoms with Crippen LogP contribution in [0.5, 0.6) is 0 Å². The molecule has 1 N–H and O–H groups in total. The number of hydrogen-bond acceptors (Lipinski definition) is 8. The van der Waals surface area contributed by atoms with Crippen molar-refractivity contribution < 1.29 is 4.79 Å². The Balaban J connectivity index is 1.84. The van der Waals surface area contributed by atoms with E-state index in [4.69, 9.17) is 0 Å². The van der Waals surface area contributed by atoms with Crippen LogP contribution in [-0.2, 0) is 11.8 Å². The number of rotatable bonds is 5. The van der Waals surface area contributed by atoms with Crippen molar-refractivity contribution in [3.8, 4) is 0 Å². The molecule has 2 rings (SSSR count). The van der Waals surface area contributed by atoms with Crippen LogP contribution in [-0.4, -0.2) is 42.9 Å². The zero-order valence-corrected chi connectivity index (χ0v) is 12.1. The van der Waals surface area contributed by atoms with Crippen molar-refractivity contribution in [1.82, 2.24) is 25.0 Å². The molecule has 0 unspecified atom stereocenters. The Morgan fingerprint density at radius 2 is 2.33 bits per heavy atom. The van der Waals surface area contributed by atoms with Crippen molar-refractivity contribution in [2.24, 2.45) is 7.05 Å². The van der Waals surface area contributed by atoms with Crippen LogP contribution in [0.2, 0.25) is 0 Å². The van der Waals surface area contributed by atoms with Crippen molar-refractivity contribution >= 4 is 45.9 Å². The maximum Gasteiger partial charge on any atom is 0.236 e. The molecular weight excluding hydrogens is 292 g/mol. The van der Waals surface area contributed by atoms with Crippen LogP contribution in [0, 0.1) is 0 Å². The van der Waals surface area contributed by atoms with Gasteiger partial charge in [-0.2, -0.15) is 0 Å². The second-order valence-corrected chi connectivity index (χ2v) is 6.11. The van der Waals surface area contributed by atoms with Crippen molar-refractivity contribution in [3.05, 3.63) is 6.33 Å². The molecule has 7 nitrogen and oxygen atoms in total. The number of aryl methyl sites for hydroxylation is 1. The van der Waals surface area contributed by atoms with Crippen LogP contribution in [0.25, 0.3) is 0 Å². The summed E-state index contributed by atoms with van der Waals surface area (Å²) in [7, 11) is 1.83. The molecule has 0 aromatic carbocycles. The molecule has 2 aromatic rings. The summed E-state index contributed by atoms with van der Waals surface area (Å²) in [6.45, 7) is 0. The highest BCUT2D eigenvalue weighted by Crippen LogP contribution is 2.23. The number of carbonyl (C=O) groups excluding carboxylic acids is 1. The molecule has 0 aliphatic carbocycles. The molecule has 0 saturated heterocycles. The maximum atomic E-state index is 11.7. The molecule has 0 spiro atoms. The van der Waals surface area contributed by atoms with Gasteiger partial charge < -0.3 is 4.57 Å². The van der Waals surface area contributed by atoms with Gasteiger partial charge in [-0.3, -0.25) is 10.1 Å². The van der Waals surface area contributed by atoms with E-state index in [1.54, 1.807) is 10.9 Å². The monoisotopic (exact) mass is 302 g/mol. The minimum absolute atomic E-state index is 0.133. The van der Waals surface area contributed by atoms with Gasteiger partial charge in [0, 0.05) is 7.05 Å². The topological polar surface area (TPSA) is 85.6 Å². The summed E-state index contributed by atoms with van der Waals surface area (Å²) in [5.74, 6) is 0.132. The Hall–Kier alpha value is -1.13. The summed E-state index contributed by atoms with van der Waals surface area (Å²) in [5, 5.41) is 19.3. The first-order chi connectivity index (χ1) is 8.69. The lowest BCUT2D eigenvalue weighted by Gasteiger charge is -2.00. The Labute approximate surface area is 116 Å². The highest BCUT2D eigenvalue weighted by atomic mass is 32.2. The standard InChI is InChI=1S/C8H10N6OS3/c1-14-4-9-12-7(14)17-3-5(15)10-6-11-13-8(16-2)18-6/h4H,3H2,1-2H3,(H,10,11,15). The average molecular weight is 302 g/mol. The van der Waals surface area contributed by atoms with Crippen molar-refractivity contribution in [1.29, 1.82) is 0 Å². The third-order valence-electron chi connectivity index (χ3n) is 1.83. The van der Waals surface area contributed by atoms with Crippen LogP contribution in [0.4, 0.5) is 5.13 Å². The number of nitrogens with one attached hydrogen (secondary N) is 1. The summed E-state index contributed by atoms with van der Waals surface area (Å²) >= 11 is 4.17. The molecule has 10 heteroatoms. The summed E-state index contributed by atoms with van der Waals surface area (Å²) in [5.41, 5.74) is 0. The highest BCUT2D eigenvalue weighted by Gasteiger charge is 2.10. The number of thioether (sulfide) groups is 2. The van der Waals surface area contributed by atoms with E-state index in [0.29, 0.717) is 10.3 Å². The van der Waals surface area contributed by atoms with E-state index in [0.717, 1.165) is 4.34 Å². The van der Waals surface area contributed by atoms with Crippen LogP contribution in [0.15, 0.2) is 15.8 Å². The summed E-state index contributed by atoms with van der Waals surface area (Å²) in [6.07, 6.45) is 3.51. The molecule has 18 heavy (non-hydrogen) atoms. The smallest absolute Gasteiger partial charge is 0.236 e. The molecule has 0 aliphatic rings. The second-order valence-electron chi connectivity index (χ2n) is 3.14. The van der Waals surface area contributed by atoms with Gasteiger partial charge in [-0.1, -0.05) is 34.9 Å². The van der Waals surface area contributed by atoms with E-state index < -0.39 is 0 Å². The highest BCUT2D eigenvalue weighted by molar-refractivity contribution is 8.00. The number of amides is 1. The van der Waals surface area contributed by atoms with Crippen LogP contribution in [0.1, 0.15) is 0 Å². The number of hydrogen-bond donors (Lipinski definition) is 1. The zero-order valence-electron chi connectivity index (χ0n) is 9.65. The third kappa shape index (κ3) is 3.43. The van der Waals surface area contributed by atoms with E-state index in [2.05, 4.69) is 25.7 Å². The van der Waals surface area contributed by atoms with Crippen LogP contribution >= 0.6 is 34.9 Å². The van der Waals surface area contributed by atoms with Crippen LogP contribution < -0.4 is 5.32 Å². The fraction of sp³-hybridized carbons (Fsp3) is 0.375. The molecule has 2 heterocycles. The third-order valence-corrected chi connectivity index (χ3v) is 4.68. The lowest BCUT2D eigenvalue weighted by molar-refractivity contribution is -0.113. The molecule has 0 atom stereocenters. The van der Waals surface area contributed by atoms with Gasteiger partial charge in [-0.15, -0.1) is 20.4 Å². The largest absolute Gasteiger partial charge is 0.312 e. The van der Waals surface area contributed by atoms with E-state index >= 15 is 0 Å². The number of carbonyl (C=O) groups is 1. The van der Waals surface area contributed by atoms with Gasteiger partial charge >= 0.3 is 0 Å². The predicted molar refractivity (Wildman–Crippen MR) is 72.0 cm³/mol. The average Bonchev–Trinajstić information content (AvgIpc) is 2.96. The van der Waals surface area contributed by atoms with Gasteiger partial charge in [0.15, 0.2) is 9.50 Å². The van der Waals surface area contributed by atoms with Gasteiger partial charge in [0.1, 0.15) is 6.33 Å². The molecule has 0 saturated carbocycles. The number of nitrogens with zero attached hydrogens (tertiary/aromatic N) is 5. The molecule has 0 fully saturated rings. The van der Waals surface area contributed by atoms with Gasteiger partial charge in [-0.25, -0.2) is 0 Å². The summed E-state index contributed by atoms with van der Waals surface area (Å²) in [4.78, 5) is 11.7. The van der Waals surface area contributed by atoms with Crippen molar-refractivity contribution in [2.75, 3.05) is 17.3 Å². The van der Waals surface area contributed by atoms with E-state index in [-0.39, 0.29) is 11.7 Å². The quantitative estimate of drug-likeness (QED) is 0.654. The van der Waals surface area contributed by atoms with E-state index in [1.807, 2.05) is 13.3 Å². The zero-order chi connectivity index (χ0) is 13.0. The summed E-state index contributed by atoms with van der Waals surface area (Å²) < 4.78 is 2.58. The van der Waals surface area contributed by atoms with E-state index in [9.17, 15) is 4.79 Å². The lowest BCUT2D eigenvalue weighted by atomic mass is 10.7. The first-order valence-corrected chi connectivity index (χ1v) is 7.86. The Bertz CT molecular complexity index is 538. The number of anilines is 1. The molecule has 2 aromatic heterocycles. The Morgan fingerprint density at radius 1 is 1.50 bits per heavy atom. The first kappa shape index (κ1) is 13.3. The van der Waals surface area contributed by atoms with Crippen LogP contribution in [0.3, 0.4) is 0 Å². The van der Waals surface area contributed by atoms with Crippen molar-refractivity contribution in [2.45, 2.75) is 9.50 Å². The molecular formula is C8H10N6OS3. The molecule has 96 valence electrons. The Kier molecular flexibility index (Phi) is 4.55. The SMILES string of the molecule is CSc1nnc(NC(=O)CSc2nncn2C)s1. The fourth-order valence-corrected chi connectivity index (χ4v) is 2.91. The van der Waals surface area contributed by atoms with Gasteiger partial charge in [0.25, 0.3) is 0 Å². The number of aromatic nitrogens is 5. The second kappa shape index (κ2) is 6.16. The molecule has 0 radical (unpaired) electrons. The predicted octanol–water partition coefficient (Wildman–Crippen LogP) is 1.12. The van der Waals surface area contributed by atoms with Gasteiger partial charge in [0.05, 0.1) is 5.75 Å². The fourth-order valence-electron chi connectivity index (χ4n) is 1.03.